The Morgan fingerprint density at radius 3 is 2.17 bits per heavy atom. The van der Waals surface area contributed by atoms with Crippen LogP contribution in [0.1, 0.15) is 5.56 Å². The topological polar surface area (TPSA) is 29.5 Å². The van der Waals surface area contributed by atoms with Crippen LogP contribution < -0.4 is 4.74 Å². The van der Waals surface area contributed by atoms with Gasteiger partial charge in [-0.1, -0.05) is 48.5 Å². The zero-order valence-electron chi connectivity index (χ0n) is 10.1. The lowest BCUT2D eigenvalue weighted by Gasteiger charge is -2.06. The monoisotopic (exact) mass is 240 g/mol. The van der Waals surface area contributed by atoms with Gasteiger partial charge in [-0.3, -0.25) is 0 Å². The number of aliphatic hydroxyl groups excluding tert-OH is 1. The van der Waals surface area contributed by atoms with E-state index in [1.54, 1.807) is 0 Å². The normalized spacial score (nSPS) is 11.3. The standard InChI is InChI=1S/C16H16O2/c17-13-15(14-7-3-1-4-8-14)11-12-18-16-9-5-2-6-10-16/h1-11,17H,12-13H2/b15-11+. The van der Waals surface area contributed by atoms with Crippen molar-refractivity contribution >= 4 is 5.57 Å². The fourth-order valence-corrected chi connectivity index (χ4v) is 1.68. The molecule has 2 nitrogen and oxygen atoms in total. The first-order valence-electron chi connectivity index (χ1n) is 5.93. The molecule has 0 saturated carbocycles. The zero-order valence-corrected chi connectivity index (χ0v) is 10.1. The summed E-state index contributed by atoms with van der Waals surface area (Å²) >= 11 is 0. The molecule has 18 heavy (non-hydrogen) atoms. The molecule has 0 aliphatic carbocycles. The Bertz CT molecular complexity index is 489. The van der Waals surface area contributed by atoms with Crippen molar-refractivity contribution in [3.63, 3.8) is 0 Å². The summed E-state index contributed by atoms with van der Waals surface area (Å²) in [5, 5.41) is 9.35. The highest BCUT2D eigenvalue weighted by atomic mass is 16.5. The average Bonchev–Trinajstić information content (AvgIpc) is 2.46. The molecule has 0 aliphatic rings. The van der Waals surface area contributed by atoms with Crippen LogP contribution in [0, 0.1) is 0 Å². The lowest BCUT2D eigenvalue weighted by molar-refractivity contribution is 0.343. The van der Waals surface area contributed by atoms with E-state index < -0.39 is 0 Å². The van der Waals surface area contributed by atoms with Gasteiger partial charge in [0.15, 0.2) is 0 Å². The minimum absolute atomic E-state index is 0.0160. The maximum atomic E-state index is 9.35. The molecule has 0 saturated heterocycles. The SMILES string of the molecule is OC/C(=C\COc1ccccc1)c1ccccc1. The number of hydrogen-bond donors (Lipinski definition) is 1. The van der Waals surface area contributed by atoms with Crippen LogP contribution in [0.2, 0.25) is 0 Å². The quantitative estimate of drug-likeness (QED) is 0.870. The molecule has 0 radical (unpaired) electrons. The van der Waals surface area contributed by atoms with Crippen LogP contribution in [0.25, 0.3) is 5.57 Å². The van der Waals surface area contributed by atoms with E-state index in [1.807, 2.05) is 66.7 Å². The van der Waals surface area contributed by atoms with Crippen LogP contribution >= 0.6 is 0 Å². The molecule has 2 rings (SSSR count). The molecule has 0 bridgehead atoms. The van der Waals surface area contributed by atoms with Crippen LogP contribution in [-0.2, 0) is 0 Å². The van der Waals surface area contributed by atoms with Crippen molar-refractivity contribution in [2.45, 2.75) is 0 Å². The van der Waals surface area contributed by atoms with E-state index in [4.69, 9.17) is 4.74 Å². The summed E-state index contributed by atoms with van der Waals surface area (Å²) in [7, 11) is 0. The fraction of sp³-hybridized carbons (Fsp3) is 0.125. The predicted molar refractivity (Wildman–Crippen MR) is 73.4 cm³/mol. The van der Waals surface area contributed by atoms with Crippen LogP contribution in [0.15, 0.2) is 66.7 Å². The van der Waals surface area contributed by atoms with E-state index in [0.29, 0.717) is 6.61 Å². The number of ether oxygens (including phenoxy) is 1. The third kappa shape index (κ3) is 3.47. The molecule has 0 unspecified atom stereocenters. The third-order valence-electron chi connectivity index (χ3n) is 2.64. The molecule has 0 amide bonds. The van der Waals surface area contributed by atoms with Crippen LogP contribution in [0.3, 0.4) is 0 Å². The number of para-hydroxylation sites is 1. The highest BCUT2D eigenvalue weighted by molar-refractivity contribution is 5.66. The maximum absolute atomic E-state index is 9.35. The number of hydrogen-bond acceptors (Lipinski definition) is 2. The Morgan fingerprint density at radius 1 is 0.944 bits per heavy atom. The largest absolute Gasteiger partial charge is 0.490 e. The van der Waals surface area contributed by atoms with E-state index >= 15 is 0 Å². The van der Waals surface area contributed by atoms with Gasteiger partial charge < -0.3 is 9.84 Å². The second-order valence-corrected chi connectivity index (χ2v) is 3.88. The van der Waals surface area contributed by atoms with Crippen LogP contribution in [0.4, 0.5) is 0 Å². The Morgan fingerprint density at radius 2 is 1.56 bits per heavy atom. The second-order valence-electron chi connectivity index (χ2n) is 3.88. The van der Waals surface area contributed by atoms with Gasteiger partial charge in [-0.25, -0.2) is 0 Å². The summed E-state index contributed by atoms with van der Waals surface area (Å²) in [5.41, 5.74) is 1.91. The minimum atomic E-state index is 0.0160. The molecule has 0 spiro atoms. The van der Waals surface area contributed by atoms with Crippen molar-refractivity contribution in [2.24, 2.45) is 0 Å². The summed E-state index contributed by atoms with van der Waals surface area (Å²) in [6, 6.07) is 19.5. The molecule has 0 aliphatic heterocycles. The molecule has 2 aromatic rings. The van der Waals surface area contributed by atoms with Crippen LogP contribution in [-0.4, -0.2) is 18.3 Å². The Labute approximate surface area is 107 Å². The number of benzene rings is 2. The van der Waals surface area contributed by atoms with Gasteiger partial charge >= 0.3 is 0 Å². The number of rotatable bonds is 5. The Hall–Kier alpha value is -2.06. The van der Waals surface area contributed by atoms with Crippen molar-refractivity contribution in [3.8, 4) is 5.75 Å². The van der Waals surface area contributed by atoms with Crippen molar-refractivity contribution in [1.29, 1.82) is 0 Å². The van der Waals surface area contributed by atoms with Gasteiger partial charge in [-0.05, 0) is 29.3 Å². The van der Waals surface area contributed by atoms with E-state index in [1.165, 1.54) is 0 Å². The third-order valence-corrected chi connectivity index (χ3v) is 2.64. The van der Waals surface area contributed by atoms with Gasteiger partial charge in [0.25, 0.3) is 0 Å². The van der Waals surface area contributed by atoms with E-state index in [9.17, 15) is 5.11 Å². The molecule has 2 aromatic carbocycles. The smallest absolute Gasteiger partial charge is 0.119 e. The van der Waals surface area contributed by atoms with Crippen LogP contribution in [0.5, 0.6) is 5.75 Å². The number of aliphatic hydroxyl groups is 1. The van der Waals surface area contributed by atoms with E-state index in [-0.39, 0.29) is 6.61 Å². The van der Waals surface area contributed by atoms with Crippen molar-refractivity contribution in [2.75, 3.05) is 13.2 Å². The van der Waals surface area contributed by atoms with Gasteiger partial charge in [0, 0.05) is 0 Å². The fourth-order valence-electron chi connectivity index (χ4n) is 1.68. The van der Waals surface area contributed by atoms with Gasteiger partial charge in [0.2, 0.25) is 0 Å². The van der Waals surface area contributed by atoms with Gasteiger partial charge in [0.1, 0.15) is 12.4 Å². The Kier molecular flexibility index (Phi) is 4.56. The lowest BCUT2D eigenvalue weighted by Crippen LogP contribution is -1.97. The average molecular weight is 240 g/mol. The molecule has 0 aromatic heterocycles. The summed E-state index contributed by atoms with van der Waals surface area (Å²) in [4.78, 5) is 0. The molecular weight excluding hydrogens is 224 g/mol. The first-order chi connectivity index (χ1) is 8.90. The zero-order chi connectivity index (χ0) is 12.6. The highest BCUT2D eigenvalue weighted by Crippen LogP contribution is 2.14. The summed E-state index contributed by atoms with van der Waals surface area (Å²) in [6.45, 7) is 0.469. The van der Waals surface area contributed by atoms with Crippen molar-refractivity contribution in [3.05, 3.63) is 72.3 Å². The van der Waals surface area contributed by atoms with Gasteiger partial charge in [-0.15, -0.1) is 0 Å². The van der Waals surface area contributed by atoms with Gasteiger partial charge in [-0.2, -0.15) is 0 Å². The first kappa shape index (κ1) is 12.4. The predicted octanol–water partition coefficient (Wildman–Crippen LogP) is 3.14. The molecule has 0 atom stereocenters. The molecule has 1 N–H and O–H groups in total. The molecule has 0 heterocycles. The molecule has 92 valence electrons. The molecule has 0 fully saturated rings. The van der Waals surface area contributed by atoms with Crippen molar-refractivity contribution in [1.82, 2.24) is 0 Å². The lowest BCUT2D eigenvalue weighted by atomic mass is 10.1. The minimum Gasteiger partial charge on any atom is -0.490 e. The second kappa shape index (κ2) is 6.62. The molecular formula is C16H16O2. The summed E-state index contributed by atoms with van der Waals surface area (Å²) in [6.07, 6.45) is 1.91. The van der Waals surface area contributed by atoms with Gasteiger partial charge in [0.05, 0.1) is 6.61 Å². The molecule has 2 heteroatoms. The van der Waals surface area contributed by atoms with E-state index in [0.717, 1.165) is 16.9 Å². The summed E-state index contributed by atoms with van der Waals surface area (Å²) in [5.74, 6) is 0.833. The van der Waals surface area contributed by atoms with Crippen molar-refractivity contribution < 1.29 is 9.84 Å². The summed E-state index contributed by atoms with van der Waals surface area (Å²) < 4.78 is 5.57. The maximum Gasteiger partial charge on any atom is 0.119 e. The van der Waals surface area contributed by atoms with E-state index in [2.05, 4.69) is 0 Å². The highest BCUT2D eigenvalue weighted by Gasteiger charge is 1.98. The first-order valence-corrected chi connectivity index (χ1v) is 5.93. The Balaban J connectivity index is 1.99.